The molecule has 0 bridgehead atoms. The van der Waals surface area contributed by atoms with Crippen molar-refractivity contribution < 1.29 is 69.4 Å². The average Bonchev–Trinajstić information content (AvgIpc) is 2.03. The fourth-order valence-corrected chi connectivity index (χ4v) is 2.03. The number of halogens is 3. The van der Waals surface area contributed by atoms with Crippen molar-refractivity contribution in [2.45, 2.75) is 32.0 Å². The van der Waals surface area contributed by atoms with E-state index in [0.717, 1.165) is 12.8 Å². The van der Waals surface area contributed by atoms with Crippen LogP contribution in [0.4, 0.5) is 12.9 Å². The van der Waals surface area contributed by atoms with Crippen LogP contribution in [0.25, 0.3) is 0 Å². The largest absolute Gasteiger partial charge is 1.00 e. The molecule has 1 fully saturated rings. The van der Waals surface area contributed by atoms with E-state index in [4.69, 9.17) is 5.11 Å². The van der Waals surface area contributed by atoms with E-state index >= 15 is 0 Å². The molecule has 1 rings (SSSR count). The minimum absolute atomic E-state index is 0. The smallest absolute Gasteiger partial charge is 0.449 e. The molecule has 0 saturated heterocycles. The van der Waals surface area contributed by atoms with E-state index in [9.17, 15) is 12.9 Å². The van der Waals surface area contributed by atoms with Crippen LogP contribution >= 0.6 is 0 Å². The van der Waals surface area contributed by atoms with Gasteiger partial charge in [0.2, 0.25) is 0 Å². The summed E-state index contributed by atoms with van der Waals surface area (Å²) in [6.45, 7) is -4.48. The van der Waals surface area contributed by atoms with Gasteiger partial charge >= 0.3 is 58.4 Å². The maximum Gasteiger partial charge on any atom is 1.00 e. The molecule has 0 spiro atoms. The van der Waals surface area contributed by atoms with Crippen LogP contribution < -0.4 is 51.4 Å². The number of aliphatic hydroxyl groups is 1. The van der Waals surface area contributed by atoms with Crippen LogP contribution in [-0.4, -0.2) is 18.7 Å². The molecule has 0 atom stereocenters. The fraction of sp³-hybridized carbons (Fsp3) is 1.00. The van der Waals surface area contributed by atoms with Crippen molar-refractivity contribution in [3.8, 4) is 0 Å². The summed E-state index contributed by atoms with van der Waals surface area (Å²) >= 11 is 0. The normalized spacial score (nSPS) is 28.3. The second-order valence-electron chi connectivity index (χ2n) is 4.02. The molecule has 0 unspecified atom stereocenters. The molecule has 1 aliphatic rings. The molecule has 1 aliphatic carbocycles. The first-order valence-corrected chi connectivity index (χ1v) is 4.83. The van der Waals surface area contributed by atoms with Crippen molar-refractivity contribution in [3.05, 3.63) is 0 Å². The quantitative estimate of drug-likeness (QED) is 0.661. The summed E-state index contributed by atoms with van der Waals surface area (Å²) in [5, 5.41) is 8.79. The van der Waals surface area contributed by atoms with E-state index in [1.165, 1.54) is 0 Å². The van der Waals surface area contributed by atoms with E-state index < -0.39 is 13.3 Å². The minimum Gasteiger partial charge on any atom is -0.449 e. The van der Waals surface area contributed by atoms with Crippen LogP contribution in [0.15, 0.2) is 0 Å². The zero-order valence-corrected chi connectivity index (χ0v) is 11.7. The number of aliphatic hydroxyl groups excluding tert-OH is 1. The van der Waals surface area contributed by atoms with Gasteiger partial charge in [0.05, 0.1) is 0 Å². The molecule has 0 aromatic carbocycles. The molecule has 78 valence electrons. The van der Waals surface area contributed by atoms with Gasteiger partial charge in [0, 0.05) is 6.61 Å². The standard InChI is InChI=1S/C8H15BF3O.K/c10-9(11,12)5-7-1-3-8(6-13)4-2-7;/h7-8,13H,1-6H2;/q-1;+1. The molecule has 14 heavy (non-hydrogen) atoms. The zero-order chi connectivity index (χ0) is 9.90. The summed E-state index contributed by atoms with van der Waals surface area (Å²) < 4.78 is 36.1. The van der Waals surface area contributed by atoms with Crippen LogP contribution in [0.1, 0.15) is 25.7 Å². The minimum atomic E-state index is -4.61. The predicted molar refractivity (Wildman–Crippen MR) is 46.4 cm³/mol. The Kier molecular flexibility index (Phi) is 7.63. The fourth-order valence-electron chi connectivity index (χ4n) is 2.03. The number of hydrogen-bond acceptors (Lipinski definition) is 1. The van der Waals surface area contributed by atoms with E-state index in [1.807, 2.05) is 0 Å². The monoisotopic (exact) mass is 234 g/mol. The van der Waals surface area contributed by atoms with Crippen LogP contribution in [-0.2, 0) is 0 Å². The molecule has 0 amide bonds. The Bertz CT molecular complexity index is 157. The Morgan fingerprint density at radius 3 is 1.79 bits per heavy atom. The van der Waals surface area contributed by atoms with Gasteiger partial charge in [-0.3, -0.25) is 0 Å². The van der Waals surface area contributed by atoms with Crippen molar-refractivity contribution in [2.75, 3.05) is 6.61 Å². The molecule has 0 aromatic rings. The Hall–Kier alpha value is 1.45. The number of hydrogen-bond donors (Lipinski definition) is 1. The maximum absolute atomic E-state index is 12.0. The van der Waals surface area contributed by atoms with Gasteiger partial charge in [0.25, 0.3) is 0 Å². The summed E-state index contributed by atoms with van der Waals surface area (Å²) in [7, 11) is 0. The van der Waals surface area contributed by atoms with Crippen LogP contribution in [0, 0.1) is 11.8 Å². The van der Waals surface area contributed by atoms with Gasteiger partial charge in [0.15, 0.2) is 0 Å². The summed E-state index contributed by atoms with van der Waals surface area (Å²) in [6, 6.07) is 0. The van der Waals surface area contributed by atoms with E-state index in [1.54, 1.807) is 0 Å². The number of rotatable bonds is 3. The van der Waals surface area contributed by atoms with Crippen molar-refractivity contribution in [1.29, 1.82) is 0 Å². The van der Waals surface area contributed by atoms with Gasteiger partial charge in [-0.1, -0.05) is 25.1 Å². The maximum atomic E-state index is 12.0. The van der Waals surface area contributed by atoms with E-state index in [-0.39, 0.29) is 69.8 Å². The van der Waals surface area contributed by atoms with Crippen molar-refractivity contribution in [2.24, 2.45) is 11.8 Å². The molecule has 0 aromatic heterocycles. The summed E-state index contributed by atoms with van der Waals surface area (Å²) in [5.74, 6) is 0.0692. The molecule has 1 N–H and O–H groups in total. The van der Waals surface area contributed by atoms with Crippen molar-refractivity contribution >= 4 is 6.98 Å². The molecule has 0 radical (unpaired) electrons. The third-order valence-electron chi connectivity index (χ3n) is 2.83. The van der Waals surface area contributed by atoms with Crippen molar-refractivity contribution in [3.63, 3.8) is 0 Å². The third kappa shape index (κ3) is 6.13. The van der Waals surface area contributed by atoms with Crippen molar-refractivity contribution in [1.82, 2.24) is 0 Å². The second-order valence-corrected chi connectivity index (χ2v) is 4.02. The summed E-state index contributed by atoms with van der Waals surface area (Å²) in [5.41, 5.74) is 0. The first kappa shape index (κ1) is 15.5. The van der Waals surface area contributed by atoms with Gasteiger partial charge in [-0.05, 0) is 18.8 Å². The SMILES string of the molecule is OCC1CCC(C[B-](F)(F)F)CC1.[K+]. The third-order valence-corrected chi connectivity index (χ3v) is 2.83. The Labute approximate surface area is 125 Å². The van der Waals surface area contributed by atoms with Gasteiger partial charge in [-0.2, -0.15) is 0 Å². The second kappa shape index (κ2) is 6.91. The Morgan fingerprint density at radius 2 is 1.43 bits per heavy atom. The predicted octanol–water partition coefficient (Wildman–Crippen LogP) is -0.364. The summed E-state index contributed by atoms with van der Waals surface area (Å²) in [4.78, 5) is 0. The zero-order valence-electron chi connectivity index (χ0n) is 8.56. The van der Waals surface area contributed by atoms with Gasteiger partial charge < -0.3 is 18.1 Å². The van der Waals surface area contributed by atoms with Crippen LogP contribution in [0.3, 0.4) is 0 Å². The molecule has 6 heteroatoms. The van der Waals surface area contributed by atoms with Gasteiger partial charge in [-0.15, -0.1) is 0 Å². The molecule has 1 nitrogen and oxygen atoms in total. The average molecular weight is 234 g/mol. The Balaban J connectivity index is 0.00000169. The van der Waals surface area contributed by atoms with Crippen LogP contribution in [0.5, 0.6) is 0 Å². The van der Waals surface area contributed by atoms with Gasteiger partial charge in [0.1, 0.15) is 0 Å². The molecular formula is C8H15BF3KO. The summed E-state index contributed by atoms with van der Waals surface area (Å²) in [6.07, 6.45) is 2.19. The molecule has 0 heterocycles. The topological polar surface area (TPSA) is 20.2 Å². The van der Waals surface area contributed by atoms with Gasteiger partial charge in [-0.25, -0.2) is 0 Å². The van der Waals surface area contributed by atoms with E-state index in [0.29, 0.717) is 12.8 Å². The molecule has 1 saturated carbocycles. The Morgan fingerprint density at radius 1 is 1.00 bits per heavy atom. The first-order valence-electron chi connectivity index (χ1n) is 4.83. The molecular weight excluding hydrogens is 219 g/mol. The van der Waals surface area contributed by atoms with Crippen LogP contribution in [0.2, 0.25) is 6.32 Å². The van der Waals surface area contributed by atoms with E-state index in [2.05, 4.69) is 0 Å². The molecule has 0 aliphatic heterocycles. The first-order chi connectivity index (χ1) is 6.01.